The molecule has 0 bridgehead atoms. The van der Waals surface area contributed by atoms with Crippen LogP contribution >= 0.6 is 15.9 Å². The van der Waals surface area contributed by atoms with Crippen molar-refractivity contribution in [2.24, 2.45) is 10.9 Å². The highest BCUT2D eigenvalue weighted by atomic mass is 79.9. The minimum absolute atomic E-state index is 0.0402. The Hall–Kier alpha value is -1.65. The van der Waals surface area contributed by atoms with Gasteiger partial charge in [0.15, 0.2) is 0 Å². The standard InChI is InChI=1S/C20H23BrN2O/c1-12(2)20-22-17(14-6-4-13(3)5-7-14)11-18(23-20)16-10-15(21)8-9-19(16)24/h4-10,12,18,20,23-24H,11H2,1-3H3/t18-,20+/m0/s1. The number of hydrogen-bond acceptors (Lipinski definition) is 3. The maximum atomic E-state index is 10.3. The van der Waals surface area contributed by atoms with E-state index in [-0.39, 0.29) is 12.2 Å². The first-order valence-corrected chi connectivity index (χ1v) is 9.11. The number of nitrogens with one attached hydrogen (secondary N) is 1. The molecule has 0 saturated carbocycles. The summed E-state index contributed by atoms with van der Waals surface area (Å²) in [6.45, 7) is 6.42. The summed E-state index contributed by atoms with van der Waals surface area (Å²) >= 11 is 3.51. The highest BCUT2D eigenvalue weighted by Gasteiger charge is 2.28. The monoisotopic (exact) mass is 386 g/mol. The number of nitrogens with zero attached hydrogens (tertiary/aromatic N) is 1. The third-order valence-corrected chi connectivity index (χ3v) is 4.94. The van der Waals surface area contributed by atoms with Crippen molar-refractivity contribution in [3.8, 4) is 5.75 Å². The topological polar surface area (TPSA) is 44.6 Å². The highest BCUT2D eigenvalue weighted by Crippen LogP contribution is 2.33. The second kappa shape index (κ2) is 7.08. The first-order valence-electron chi connectivity index (χ1n) is 8.32. The van der Waals surface area contributed by atoms with Crippen LogP contribution in [-0.2, 0) is 0 Å². The van der Waals surface area contributed by atoms with E-state index in [2.05, 4.69) is 66.3 Å². The van der Waals surface area contributed by atoms with E-state index in [9.17, 15) is 5.11 Å². The van der Waals surface area contributed by atoms with Crippen LogP contribution in [0.25, 0.3) is 0 Å². The van der Waals surface area contributed by atoms with E-state index in [4.69, 9.17) is 4.99 Å². The van der Waals surface area contributed by atoms with Gasteiger partial charge in [0.05, 0.1) is 0 Å². The summed E-state index contributed by atoms with van der Waals surface area (Å²) in [4.78, 5) is 4.92. The smallest absolute Gasteiger partial charge is 0.120 e. The van der Waals surface area contributed by atoms with Crippen LogP contribution in [0.2, 0.25) is 0 Å². The van der Waals surface area contributed by atoms with Crippen LogP contribution in [0.3, 0.4) is 0 Å². The molecule has 1 heterocycles. The van der Waals surface area contributed by atoms with Crippen LogP contribution in [0, 0.1) is 12.8 Å². The number of rotatable bonds is 3. The molecule has 0 radical (unpaired) electrons. The highest BCUT2D eigenvalue weighted by molar-refractivity contribution is 9.10. The van der Waals surface area contributed by atoms with E-state index >= 15 is 0 Å². The zero-order chi connectivity index (χ0) is 17.3. The maximum absolute atomic E-state index is 10.3. The van der Waals surface area contributed by atoms with Gasteiger partial charge in [0.2, 0.25) is 0 Å². The van der Waals surface area contributed by atoms with Crippen molar-refractivity contribution in [3.05, 3.63) is 63.6 Å². The van der Waals surface area contributed by atoms with Crippen LogP contribution < -0.4 is 5.32 Å². The van der Waals surface area contributed by atoms with Gasteiger partial charge in [-0.05, 0) is 36.6 Å². The lowest BCUT2D eigenvalue weighted by Crippen LogP contribution is -2.41. The van der Waals surface area contributed by atoms with Crippen molar-refractivity contribution in [1.82, 2.24) is 5.32 Å². The Balaban J connectivity index is 1.97. The molecule has 2 atom stereocenters. The zero-order valence-electron chi connectivity index (χ0n) is 14.3. The van der Waals surface area contributed by atoms with Gasteiger partial charge < -0.3 is 5.11 Å². The number of phenolic OH excluding ortho intramolecular Hbond substituents is 1. The molecule has 0 amide bonds. The van der Waals surface area contributed by atoms with Gasteiger partial charge in [0.25, 0.3) is 0 Å². The Morgan fingerprint density at radius 3 is 2.54 bits per heavy atom. The Morgan fingerprint density at radius 1 is 1.17 bits per heavy atom. The normalized spacial score (nSPS) is 21.0. The van der Waals surface area contributed by atoms with E-state index in [0.29, 0.717) is 11.7 Å². The van der Waals surface area contributed by atoms with Crippen LogP contribution in [0.4, 0.5) is 0 Å². The fraction of sp³-hybridized carbons (Fsp3) is 0.350. The van der Waals surface area contributed by atoms with Crippen molar-refractivity contribution in [1.29, 1.82) is 0 Å². The summed E-state index contributed by atoms with van der Waals surface area (Å²) in [5.41, 5.74) is 4.41. The van der Waals surface area contributed by atoms with Gasteiger partial charge in [0, 0.05) is 28.2 Å². The molecule has 2 aromatic rings. The lowest BCUT2D eigenvalue weighted by molar-refractivity contribution is 0.345. The summed E-state index contributed by atoms with van der Waals surface area (Å²) in [6.07, 6.45) is 0.800. The van der Waals surface area contributed by atoms with Crippen molar-refractivity contribution in [2.75, 3.05) is 0 Å². The molecule has 4 heteroatoms. The number of aliphatic imine (C=N–C) groups is 1. The molecule has 2 aromatic carbocycles. The van der Waals surface area contributed by atoms with E-state index in [0.717, 1.165) is 27.7 Å². The molecular weight excluding hydrogens is 364 g/mol. The minimum Gasteiger partial charge on any atom is -0.508 e. The van der Waals surface area contributed by atoms with Gasteiger partial charge in [-0.15, -0.1) is 0 Å². The number of halogens is 1. The van der Waals surface area contributed by atoms with E-state index in [1.165, 1.54) is 5.56 Å². The second-order valence-corrected chi connectivity index (χ2v) is 7.67. The van der Waals surface area contributed by atoms with E-state index in [1.54, 1.807) is 6.07 Å². The van der Waals surface area contributed by atoms with E-state index < -0.39 is 0 Å². The van der Waals surface area contributed by atoms with Gasteiger partial charge in [-0.2, -0.15) is 0 Å². The fourth-order valence-electron chi connectivity index (χ4n) is 3.00. The number of aromatic hydroxyl groups is 1. The summed E-state index contributed by atoms with van der Waals surface area (Å²) in [7, 11) is 0. The van der Waals surface area contributed by atoms with Crippen LogP contribution in [0.1, 0.15) is 43.0 Å². The van der Waals surface area contributed by atoms with Gasteiger partial charge in [-0.1, -0.05) is 59.6 Å². The number of hydrogen-bond donors (Lipinski definition) is 2. The SMILES string of the molecule is Cc1ccc(C2=N[C@@H](C(C)C)N[C@H](c3cc(Br)ccc3O)C2)cc1. The number of aryl methyl sites for hydroxylation is 1. The second-order valence-electron chi connectivity index (χ2n) is 6.76. The Kier molecular flexibility index (Phi) is 5.07. The molecular formula is C20H23BrN2O. The zero-order valence-corrected chi connectivity index (χ0v) is 15.8. The third kappa shape index (κ3) is 3.70. The Labute approximate surface area is 152 Å². The summed E-state index contributed by atoms with van der Waals surface area (Å²) in [6, 6.07) is 14.1. The molecule has 0 fully saturated rings. The molecule has 0 aliphatic carbocycles. The van der Waals surface area contributed by atoms with Crippen LogP contribution in [0.5, 0.6) is 5.75 Å². The third-order valence-electron chi connectivity index (χ3n) is 4.45. The molecule has 3 rings (SSSR count). The van der Waals surface area contributed by atoms with Gasteiger partial charge in [0.1, 0.15) is 11.9 Å². The first kappa shape index (κ1) is 17.2. The molecule has 2 N–H and O–H groups in total. The van der Waals surface area contributed by atoms with Crippen molar-refractivity contribution >= 4 is 21.6 Å². The summed E-state index contributed by atoms with van der Waals surface area (Å²) in [5.74, 6) is 0.700. The fourth-order valence-corrected chi connectivity index (χ4v) is 3.38. The summed E-state index contributed by atoms with van der Waals surface area (Å²) in [5, 5.41) is 13.9. The summed E-state index contributed by atoms with van der Waals surface area (Å²) < 4.78 is 0.970. The first-order chi connectivity index (χ1) is 11.4. The molecule has 1 aliphatic heterocycles. The predicted octanol–water partition coefficient (Wildman–Crippen LogP) is 4.97. The van der Waals surface area contributed by atoms with Gasteiger partial charge in [-0.25, -0.2) is 0 Å². The number of benzene rings is 2. The minimum atomic E-state index is 0.0402. The average molecular weight is 387 g/mol. The van der Waals surface area contributed by atoms with Crippen LogP contribution in [0.15, 0.2) is 51.9 Å². The van der Waals surface area contributed by atoms with Crippen molar-refractivity contribution in [3.63, 3.8) is 0 Å². The molecule has 0 unspecified atom stereocenters. The Morgan fingerprint density at radius 2 is 1.88 bits per heavy atom. The van der Waals surface area contributed by atoms with Crippen molar-refractivity contribution in [2.45, 2.75) is 39.4 Å². The molecule has 0 spiro atoms. The molecule has 24 heavy (non-hydrogen) atoms. The van der Waals surface area contributed by atoms with Gasteiger partial charge >= 0.3 is 0 Å². The van der Waals surface area contributed by atoms with E-state index in [1.807, 2.05) is 12.1 Å². The lowest BCUT2D eigenvalue weighted by Gasteiger charge is -2.32. The molecule has 0 aromatic heterocycles. The lowest BCUT2D eigenvalue weighted by atomic mass is 9.93. The Bertz CT molecular complexity index is 753. The van der Waals surface area contributed by atoms with Gasteiger partial charge in [-0.3, -0.25) is 10.3 Å². The quantitative estimate of drug-likeness (QED) is 0.781. The average Bonchev–Trinajstić information content (AvgIpc) is 2.57. The molecule has 1 aliphatic rings. The largest absolute Gasteiger partial charge is 0.508 e. The van der Waals surface area contributed by atoms with Crippen LogP contribution in [-0.4, -0.2) is 17.0 Å². The molecule has 0 saturated heterocycles. The van der Waals surface area contributed by atoms with Crippen molar-refractivity contribution < 1.29 is 5.11 Å². The number of phenols is 1. The molecule has 126 valence electrons. The maximum Gasteiger partial charge on any atom is 0.120 e. The predicted molar refractivity (Wildman–Crippen MR) is 103 cm³/mol. The molecule has 3 nitrogen and oxygen atoms in total.